The average Bonchev–Trinajstić information content (AvgIpc) is 3.29. The Hall–Kier alpha value is -2.47. The average molecular weight is 508 g/mol. The fraction of sp³-hybridized carbons (Fsp3) is 0.368. The number of ether oxygens (including phenoxy) is 2. The third kappa shape index (κ3) is 3.99. The Kier molecular flexibility index (Phi) is 5.81. The zero-order chi connectivity index (χ0) is 20.4. The van der Waals surface area contributed by atoms with Crippen molar-refractivity contribution < 1.29 is 14.3 Å². The number of hydrogen-bond donors (Lipinski definition) is 1. The van der Waals surface area contributed by atoms with Gasteiger partial charge in [0, 0.05) is 19.6 Å². The van der Waals surface area contributed by atoms with E-state index in [4.69, 9.17) is 15.2 Å². The second-order valence-electron chi connectivity index (χ2n) is 6.90. The lowest BCUT2D eigenvalue weighted by Crippen LogP contribution is -2.38. The summed E-state index contributed by atoms with van der Waals surface area (Å²) in [5, 5.41) is 4.32. The van der Waals surface area contributed by atoms with Crippen molar-refractivity contribution in [3.63, 3.8) is 0 Å². The Labute approximate surface area is 181 Å². The van der Waals surface area contributed by atoms with Gasteiger partial charge in [-0.2, -0.15) is 5.10 Å². The summed E-state index contributed by atoms with van der Waals surface area (Å²) in [4.78, 5) is 23.2. The van der Waals surface area contributed by atoms with E-state index in [1.165, 1.54) is 6.33 Å². The zero-order valence-corrected chi connectivity index (χ0v) is 18.0. The van der Waals surface area contributed by atoms with Crippen LogP contribution in [0.5, 0.6) is 0 Å². The first kappa shape index (κ1) is 19.8. The number of aromatic nitrogens is 4. The second-order valence-corrected chi connectivity index (χ2v) is 7.92. The maximum atomic E-state index is 12.8. The Morgan fingerprint density at radius 3 is 2.90 bits per heavy atom. The molecule has 152 valence electrons. The van der Waals surface area contributed by atoms with Gasteiger partial charge in [-0.15, -0.1) is 0 Å². The highest BCUT2D eigenvalue weighted by atomic mass is 127. The monoisotopic (exact) mass is 508 g/mol. The molecule has 2 aromatic heterocycles. The molecule has 29 heavy (non-hydrogen) atoms. The standard InChI is InChI=1S/C19H21IN6O3/c1-28-10-14-7-13(18-24-16(20)15-17(21)22-11-23-26(15)18)8-25(14)19(27)29-9-12-5-3-2-4-6-12/h2-6,11,13-14H,7-10H2,1H3,(H2,21,22,23)/t13?,14-/m1/s1. The third-order valence-electron chi connectivity index (χ3n) is 5.02. The lowest BCUT2D eigenvalue weighted by molar-refractivity contribution is 0.0699. The summed E-state index contributed by atoms with van der Waals surface area (Å²) in [6.45, 7) is 1.13. The first-order chi connectivity index (χ1) is 14.1. The predicted octanol–water partition coefficient (Wildman–Crippen LogP) is 2.45. The Balaban J connectivity index is 1.54. The van der Waals surface area contributed by atoms with Crippen molar-refractivity contribution in [2.24, 2.45) is 0 Å². The van der Waals surface area contributed by atoms with E-state index in [2.05, 4.69) is 37.7 Å². The maximum absolute atomic E-state index is 12.8. The van der Waals surface area contributed by atoms with Gasteiger partial charge < -0.3 is 20.1 Å². The molecule has 3 heterocycles. The molecule has 2 atom stereocenters. The second kappa shape index (κ2) is 8.49. The number of carbonyl (C=O) groups excluding carboxylic acids is 1. The fourth-order valence-electron chi connectivity index (χ4n) is 3.68. The first-order valence-electron chi connectivity index (χ1n) is 9.19. The van der Waals surface area contributed by atoms with Crippen molar-refractivity contribution in [3.05, 3.63) is 51.7 Å². The number of imidazole rings is 1. The van der Waals surface area contributed by atoms with E-state index < -0.39 is 0 Å². The van der Waals surface area contributed by atoms with Crippen molar-refractivity contribution >= 4 is 40.0 Å². The van der Waals surface area contributed by atoms with Gasteiger partial charge in [-0.05, 0) is 34.6 Å². The fourth-order valence-corrected chi connectivity index (χ4v) is 4.43. The molecular formula is C19H21IN6O3. The molecule has 4 rings (SSSR count). The molecule has 1 aromatic carbocycles. The van der Waals surface area contributed by atoms with Gasteiger partial charge in [-0.1, -0.05) is 30.3 Å². The highest BCUT2D eigenvalue weighted by Crippen LogP contribution is 2.33. The van der Waals surface area contributed by atoms with Gasteiger partial charge in [-0.3, -0.25) is 0 Å². The molecule has 0 aliphatic carbocycles. The van der Waals surface area contributed by atoms with Crippen LogP contribution in [0.4, 0.5) is 10.6 Å². The molecule has 1 aliphatic rings. The number of fused-ring (bicyclic) bond motifs is 1. The molecule has 10 heteroatoms. The molecule has 3 aromatic rings. The number of carbonyl (C=O) groups is 1. The Morgan fingerprint density at radius 1 is 1.34 bits per heavy atom. The van der Waals surface area contributed by atoms with Gasteiger partial charge in [0.25, 0.3) is 0 Å². The van der Waals surface area contributed by atoms with Gasteiger partial charge >= 0.3 is 6.09 Å². The number of halogens is 1. The summed E-state index contributed by atoms with van der Waals surface area (Å²) in [6.07, 6.45) is 1.76. The van der Waals surface area contributed by atoms with Gasteiger partial charge in [0.05, 0.1) is 12.6 Å². The van der Waals surface area contributed by atoms with Crippen LogP contribution in [0.25, 0.3) is 5.52 Å². The maximum Gasteiger partial charge on any atom is 0.410 e. The molecule has 0 bridgehead atoms. The number of nitrogens with two attached hydrogens (primary N) is 1. The van der Waals surface area contributed by atoms with E-state index in [-0.39, 0.29) is 24.7 Å². The molecule has 9 nitrogen and oxygen atoms in total. The molecule has 1 aliphatic heterocycles. The smallest absolute Gasteiger partial charge is 0.410 e. The summed E-state index contributed by atoms with van der Waals surface area (Å²) in [7, 11) is 1.63. The minimum absolute atomic E-state index is 0.00950. The van der Waals surface area contributed by atoms with E-state index in [0.29, 0.717) is 30.9 Å². The number of rotatable bonds is 5. The summed E-state index contributed by atoms with van der Waals surface area (Å²) >= 11 is 2.13. The lowest BCUT2D eigenvalue weighted by Gasteiger charge is -2.23. The number of hydrogen-bond acceptors (Lipinski definition) is 7. The summed E-state index contributed by atoms with van der Waals surface area (Å²) < 4.78 is 13.3. The molecule has 1 unspecified atom stereocenters. The quantitative estimate of drug-likeness (QED) is 0.528. The molecular weight excluding hydrogens is 487 g/mol. The van der Waals surface area contributed by atoms with Crippen molar-refractivity contribution in [1.82, 2.24) is 24.5 Å². The highest BCUT2D eigenvalue weighted by Gasteiger charge is 2.39. The largest absolute Gasteiger partial charge is 0.445 e. The Bertz CT molecular complexity index is 1010. The molecule has 1 saturated heterocycles. The number of anilines is 1. The minimum Gasteiger partial charge on any atom is -0.445 e. The third-order valence-corrected chi connectivity index (χ3v) is 5.77. The number of nitrogens with zero attached hydrogens (tertiary/aromatic N) is 5. The summed E-state index contributed by atoms with van der Waals surface area (Å²) in [5.41, 5.74) is 7.63. The summed E-state index contributed by atoms with van der Waals surface area (Å²) in [6, 6.07) is 9.52. The molecule has 1 fully saturated rings. The van der Waals surface area contributed by atoms with Crippen LogP contribution in [0.15, 0.2) is 36.7 Å². The SMILES string of the molecule is COC[C@H]1CC(c2nc(I)c3c(N)ncnn23)CN1C(=O)OCc1ccccc1. The summed E-state index contributed by atoms with van der Waals surface area (Å²) in [5.74, 6) is 1.14. The van der Waals surface area contributed by atoms with Crippen molar-refractivity contribution in [2.45, 2.75) is 25.0 Å². The van der Waals surface area contributed by atoms with Gasteiger partial charge in [-0.25, -0.2) is 19.3 Å². The number of benzene rings is 1. The van der Waals surface area contributed by atoms with E-state index >= 15 is 0 Å². The van der Waals surface area contributed by atoms with Crippen molar-refractivity contribution in [2.75, 3.05) is 26.0 Å². The molecule has 0 saturated carbocycles. The first-order valence-corrected chi connectivity index (χ1v) is 10.3. The Morgan fingerprint density at radius 2 is 2.14 bits per heavy atom. The number of methoxy groups -OCH3 is 1. The number of likely N-dealkylation sites (tertiary alicyclic amines) is 1. The van der Waals surface area contributed by atoms with Crippen LogP contribution < -0.4 is 5.73 Å². The van der Waals surface area contributed by atoms with E-state index in [1.54, 1.807) is 16.5 Å². The van der Waals surface area contributed by atoms with Crippen LogP contribution in [-0.2, 0) is 16.1 Å². The van der Waals surface area contributed by atoms with Crippen LogP contribution in [0.2, 0.25) is 0 Å². The topological polar surface area (TPSA) is 108 Å². The molecule has 0 radical (unpaired) electrons. The van der Waals surface area contributed by atoms with Gasteiger partial charge in [0.15, 0.2) is 5.82 Å². The molecule has 2 N–H and O–H groups in total. The van der Waals surface area contributed by atoms with Gasteiger partial charge in [0.2, 0.25) is 0 Å². The highest BCUT2D eigenvalue weighted by molar-refractivity contribution is 14.1. The van der Waals surface area contributed by atoms with Crippen LogP contribution in [-0.4, -0.2) is 56.9 Å². The minimum atomic E-state index is -0.358. The van der Waals surface area contributed by atoms with Crippen LogP contribution in [0.3, 0.4) is 0 Å². The van der Waals surface area contributed by atoms with Crippen LogP contribution in [0.1, 0.15) is 23.7 Å². The molecule has 0 spiro atoms. The zero-order valence-electron chi connectivity index (χ0n) is 15.9. The molecule has 1 amide bonds. The number of nitrogen functional groups attached to an aromatic ring is 1. The van der Waals surface area contributed by atoms with Gasteiger partial charge in [0.1, 0.15) is 28.0 Å². The van der Waals surface area contributed by atoms with E-state index in [0.717, 1.165) is 15.1 Å². The van der Waals surface area contributed by atoms with Crippen LogP contribution in [0, 0.1) is 3.70 Å². The van der Waals surface area contributed by atoms with E-state index in [9.17, 15) is 4.79 Å². The van der Waals surface area contributed by atoms with Crippen LogP contribution >= 0.6 is 22.6 Å². The van der Waals surface area contributed by atoms with Crippen molar-refractivity contribution in [3.8, 4) is 0 Å². The number of amides is 1. The van der Waals surface area contributed by atoms with Crippen molar-refractivity contribution in [1.29, 1.82) is 0 Å². The predicted molar refractivity (Wildman–Crippen MR) is 114 cm³/mol. The normalized spacial score (nSPS) is 19.0. The van der Waals surface area contributed by atoms with E-state index in [1.807, 2.05) is 30.3 Å². The lowest BCUT2D eigenvalue weighted by atomic mass is 10.1.